The third kappa shape index (κ3) is 2.06. The summed E-state index contributed by atoms with van der Waals surface area (Å²) in [5.74, 6) is 0. The molecule has 0 saturated carbocycles. The minimum Gasteiger partial charge on any atom is -0.248 e. The number of benzene rings is 2. The molecule has 0 amide bonds. The first-order chi connectivity index (χ1) is 10.3. The Hall–Kier alpha value is -2.41. The Morgan fingerprint density at radius 1 is 0.952 bits per heavy atom. The molecule has 0 fully saturated rings. The first-order valence-corrected chi connectivity index (χ1v) is 7.52. The van der Waals surface area contributed by atoms with Gasteiger partial charge < -0.3 is 0 Å². The van der Waals surface area contributed by atoms with Crippen LogP contribution in [-0.2, 0) is 6.42 Å². The van der Waals surface area contributed by atoms with Crippen LogP contribution >= 0.6 is 0 Å². The molecule has 4 rings (SSSR count). The molecule has 1 aromatic heterocycles. The summed E-state index contributed by atoms with van der Waals surface area (Å²) in [5.41, 5.74) is 7.68. The van der Waals surface area contributed by atoms with E-state index in [1.54, 1.807) is 0 Å². The predicted molar refractivity (Wildman–Crippen MR) is 89.2 cm³/mol. The van der Waals surface area contributed by atoms with Gasteiger partial charge in [0.2, 0.25) is 0 Å². The molecule has 1 aliphatic rings. The normalized spacial score (nSPS) is 13.3. The van der Waals surface area contributed by atoms with E-state index in [0.29, 0.717) is 0 Å². The van der Waals surface area contributed by atoms with Crippen molar-refractivity contribution in [3.8, 4) is 11.3 Å². The topological polar surface area (TPSA) is 12.9 Å². The Balaban J connectivity index is 1.90. The Labute approximate surface area is 125 Å². The minimum absolute atomic E-state index is 1.06. The Bertz CT molecular complexity index is 859. The second-order valence-electron chi connectivity index (χ2n) is 5.60. The van der Waals surface area contributed by atoms with Crippen molar-refractivity contribution in [2.24, 2.45) is 0 Å². The molecule has 0 bridgehead atoms. The SMILES string of the molecule is CCC1=Cc2c(cccc2-c2ccc3ccccc3n2)C1. The van der Waals surface area contributed by atoms with Crippen LogP contribution in [0.2, 0.25) is 0 Å². The lowest BCUT2D eigenvalue weighted by Crippen LogP contribution is -1.90. The largest absolute Gasteiger partial charge is 0.248 e. The van der Waals surface area contributed by atoms with Gasteiger partial charge in [-0.1, -0.05) is 61.0 Å². The lowest BCUT2D eigenvalue weighted by molar-refractivity contribution is 1.04. The fraction of sp³-hybridized carbons (Fsp3) is 0.150. The molecule has 1 aliphatic carbocycles. The first kappa shape index (κ1) is 12.3. The summed E-state index contributed by atoms with van der Waals surface area (Å²) in [6, 6.07) is 19.2. The molecule has 0 saturated heterocycles. The van der Waals surface area contributed by atoms with Crippen molar-refractivity contribution < 1.29 is 0 Å². The zero-order chi connectivity index (χ0) is 14.2. The Morgan fingerprint density at radius 2 is 1.86 bits per heavy atom. The fourth-order valence-corrected chi connectivity index (χ4v) is 3.10. The maximum Gasteiger partial charge on any atom is 0.0715 e. The van der Waals surface area contributed by atoms with Gasteiger partial charge in [0, 0.05) is 10.9 Å². The van der Waals surface area contributed by atoms with Crippen molar-refractivity contribution in [2.75, 3.05) is 0 Å². The lowest BCUT2D eigenvalue weighted by Gasteiger charge is -2.08. The highest BCUT2D eigenvalue weighted by molar-refractivity contribution is 5.85. The monoisotopic (exact) mass is 271 g/mol. The Kier molecular flexibility index (Phi) is 2.85. The van der Waals surface area contributed by atoms with Gasteiger partial charge in [0.25, 0.3) is 0 Å². The molecule has 0 spiro atoms. The van der Waals surface area contributed by atoms with Crippen molar-refractivity contribution in [1.29, 1.82) is 0 Å². The third-order valence-electron chi connectivity index (χ3n) is 4.29. The molecule has 1 heterocycles. The van der Waals surface area contributed by atoms with Crippen LogP contribution in [0.1, 0.15) is 24.5 Å². The number of nitrogens with zero attached hydrogens (tertiary/aromatic N) is 1. The van der Waals surface area contributed by atoms with Crippen LogP contribution in [0.4, 0.5) is 0 Å². The van der Waals surface area contributed by atoms with Crippen molar-refractivity contribution in [2.45, 2.75) is 19.8 Å². The third-order valence-corrected chi connectivity index (χ3v) is 4.29. The summed E-state index contributed by atoms with van der Waals surface area (Å²) in [6.45, 7) is 2.23. The van der Waals surface area contributed by atoms with Gasteiger partial charge in [-0.2, -0.15) is 0 Å². The standard InChI is InChI=1S/C20H17N/c1-2-14-12-16-7-5-8-17(18(16)13-14)20-11-10-15-6-3-4-9-19(15)21-20/h3-11,13H,2,12H2,1H3. The summed E-state index contributed by atoms with van der Waals surface area (Å²) >= 11 is 0. The van der Waals surface area contributed by atoms with Gasteiger partial charge in [-0.3, -0.25) is 0 Å². The zero-order valence-corrected chi connectivity index (χ0v) is 12.1. The highest BCUT2D eigenvalue weighted by Gasteiger charge is 2.16. The summed E-state index contributed by atoms with van der Waals surface area (Å²) in [4.78, 5) is 4.84. The maximum absolute atomic E-state index is 4.84. The number of hydrogen-bond acceptors (Lipinski definition) is 1. The average molecular weight is 271 g/mol. The fourth-order valence-electron chi connectivity index (χ4n) is 3.10. The van der Waals surface area contributed by atoms with Crippen molar-refractivity contribution >= 4 is 17.0 Å². The minimum atomic E-state index is 1.06. The summed E-state index contributed by atoms with van der Waals surface area (Å²) in [7, 11) is 0. The van der Waals surface area contributed by atoms with Crippen LogP contribution in [-0.4, -0.2) is 4.98 Å². The van der Waals surface area contributed by atoms with E-state index >= 15 is 0 Å². The number of para-hydroxylation sites is 1. The predicted octanol–water partition coefficient (Wildman–Crippen LogP) is 5.25. The van der Waals surface area contributed by atoms with E-state index in [2.05, 4.69) is 61.5 Å². The molecule has 102 valence electrons. The van der Waals surface area contributed by atoms with Gasteiger partial charge >= 0.3 is 0 Å². The second-order valence-corrected chi connectivity index (χ2v) is 5.60. The van der Waals surface area contributed by atoms with Crippen LogP contribution in [0.5, 0.6) is 0 Å². The molecule has 21 heavy (non-hydrogen) atoms. The first-order valence-electron chi connectivity index (χ1n) is 7.52. The smallest absolute Gasteiger partial charge is 0.0715 e. The van der Waals surface area contributed by atoms with E-state index in [1.165, 1.54) is 27.6 Å². The van der Waals surface area contributed by atoms with Crippen LogP contribution < -0.4 is 0 Å². The van der Waals surface area contributed by atoms with Gasteiger partial charge in [0.15, 0.2) is 0 Å². The molecule has 0 radical (unpaired) electrons. The number of fused-ring (bicyclic) bond motifs is 2. The van der Waals surface area contributed by atoms with Gasteiger partial charge in [0.05, 0.1) is 11.2 Å². The molecule has 2 aromatic carbocycles. The molecule has 0 N–H and O–H groups in total. The van der Waals surface area contributed by atoms with Crippen LogP contribution in [0.3, 0.4) is 0 Å². The summed E-state index contributed by atoms with van der Waals surface area (Å²) in [5, 5.41) is 1.19. The second kappa shape index (κ2) is 4.85. The lowest BCUT2D eigenvalue weighted by atomic mass is 10.00. The quantitative estimate of drug-likeness (QED) is 0.620. The van der Waals surface area contributed by atoms with Crippen LogP contribution in [0.15, 0.2) is 60.2 Å². The molecule has 3 aromatic rings. The van der Waals surface area contributed by atoms with Crippen LogP contribution in [0, 0.1) is 0 Å². The Morgan fingerprint density at radius 3 is 2.76 bits per heavy atom. The molecule has 0 atom stereocenters. The van der Waals surface area contributed by atoms with Gasteiger partial charge in [-0.25, -0.2) is 4.98 Å². The molecule has 0 unspecified atom stereocenters. The molecular formula is C20H17N. The van der Waals surface area contributed by atoms with E-state index in [-0.39, 0.29) is 0 Å². The zero-order valence-electron chi connectivity index (χ0n) is 12.1. The number of rotatable bonds is 2. The van der Waals surface area contributed by atoms with E-state index in [1.807, 2.05) is 6.07 Å². The number of hydrogen-bond donors (Lipinski definition) is 0. The van der Waals surface area contributed by atoms with E-state index in [9.17, 15) is 0 Å². The van der Waals surface area contributed by atoms with E-state index in [0.717, 1.165) is 24.1 Å². The highest BCUT2D eigenvalue weighted by Crippen LogP contribution is 2.34. The molecule has 0 aliphatic heterocycles. The highest BCUT2D eigenvalue weighted by atomic mass is 14.7. The van der Waals surface area contributed by atoms with Gasteiger partial charge in [-0.15, -0.1) is 0 Å². The maximum atomic E-state index is 4.84. The summed E-state index contributed by atoms with van der Waals surface area (Å²) < 4.78 is 0. The molecular weight excluding hydrogens is 254 g/mol. The average Bonchev–Trinajstić information content (AvgIpc) is 2.97. The van der Waals surface area contributed by atoms with Crippen molar-refractivity contribution in [1.82, 2.24) is 4.98 Å². The van der Waals surface area contributed by atoms with Crippen LogP contribution in [0.25, 0.3) is 28.2 Å². The van der Waals surface area contributed by atoms with Gasteiger partial charge in [0.1, 0.15) is 0 Å². The number of pyridine rings is 1. The van der Waals surface area contributed by atoms with E-state index < -0.39 is 0 Å². The van der Waals surface area contributed by atoms with Gasteiger partial charge in [-0.05, 0) is 36.1 Å². The van der Waals surface area contributed by atoms with E-state index in [4.69, 9.17) is 4.98 Å². The van der Waals surface area contributed by atoms with Crippen molar-refractivity contribution in [3.05, 3.63) is 71.3 Å². The van der Waals surface area contributed by atoms with Crippen molar-refractivity contribution in [3.63, 3.8) is 0 Å². The number of aromatic nitrogens is 1. The summed E-state index contributed by atoms with van der Waals surface area (Å²) in [6.07, 6.45) is 4.56. The molecule has 1 heteroatoms. The number of allylic oxidation sites excluding steroid dienone is 1. The molecule has 1 nitrogen and oxygen atoms in total.